The first-order chi connectivity index (χ1) is 6.19. The van der Waals surface area contributed by atoms with E-state index in [0.717, 1.165) is 0 Å². The Kier molecular flexibility index (Phi) is 3.16. The second-order valence-electron chi connectivity index (χ2n) is 2.64. The molecule has 5 nitrogen and oxygen atoms in total. The molecule has 1 atom stereocenters. The number of carbonyl (C=O) groups excluding carboxylic acids is 1. The van der Waals surface area contributed by atoms with E-state index in [1.54, 1.807) is 6.20 Å². The highest BCUT2D eigenvalue weighted by atomic mass is 16.5. The molecule has 0 saturated carbocycles. The van der Waals surface area contributed by atoms with Gasteiger partial charge in [0, 0.05) is 20.2 Å². The van der Waals surface area contributed by atoms with Gasteiger partial charge in [0.05, 0.1) is 12.3 Å². The molecule has 0 aliphatic rings. The summed E-state index contributed by atoms with van der Waals surface area (Å²) in [5, 5.41) is 8.86. The van der Waals surface area contributed by atoms with Gasteiger partial charge in [-0.1, -0.05) is 0 Å². The van der Waals surface area contributed by atoms with Crippen molar-refractivity contribution in [1.29, 1.82) is 0 Å². The topological polar surface area (TPSA) is 75.2 Å². The highest BCUT2D eigenvalue weighted by molar-refractivity contribution is 5.90. The van der Waals surface area contributed by atoms with Gasteiger partial charge in [0.25, 0.3) is 0 Å². The van der Waals surface area contributed by atoms with Crippen LogP contribution in [0.1, 0.15) is 29.3 Å². The maximum Gasteiger partial charge on any atom is 0.194 e. The van der Waals surface area contributed by atoms with Crippen molar-refractivity contribution in [3.05, 3.63) is 17.7 Å². The van der Waals surface area contributed by atoms with Gasteiger partial charge in [-0.05, 0) is 0 Å². The predicted molar refractivity (Wildman–Crippen MR) is 45.4 cm³/mol. The van der Waals surface area contributed by atoms with Gasteiger partial charge < -0.3 is 14.8 Å². The number of aromatic amines is 1. The fourth-order valence-electron chi connectivity index (χ4n) is 0.970. The van der Waals surface area contributed by atoms with Crippen LogP contribution in [0.4, 0.5) is 0 Å². The first-order valence-electron chi connectivity index (χ1n) is 3.89. The van der Waals surface area contributed by atoms with Crippen molar-refractivity contribution >= 4 is 5.78 Å². The van der Waals surface area contributed by atoms with Gasteiger partial charge in [0.1, 0.15) is 6.10 Å². The third kappa shape index (κ3) is 2.13. The van der Waals surface area contributed by atoms with Crippen LogP contribution < -0.4 is 0 Å². The zero-order valence-corrected chi connectivity index (χ0v) is 7.57. The van der Waals surface area contributed by atoms with Gasteiger partial charge in [-0.3, -0.25) is 4.79 Å². The number of Topliss-reactive ketones (excluding diaryl/α,β-unsaturated/α-hetero) is 1. The number of carbonyl (C=O) groups is 1. The molecule has 0 saturated heterocycles. The summed E-state index contributed by atoms with van der Waals surface area (Å²) in [4.78, 5) is 17.5. The molecule has 2 N–H and O–H groups in total. The van der Waals surface area contributed by atoms with Gasteiger partial charge in [-0.25, -0.2) is 4.98 Å². The minimum Gasteiger partial charge on any atom is -0.393 e. The van der Waals surface area contributed by atoms with Gasteiger partial charge in [0.2, 0.25) is 0 Å². The molecule has 0 aliphatic carbocycles. The van der Waals surface area contributed by atoms with Crippen molar-refractivity contribution in [3.63, 3.8) is 0 Å². The Bertz CT molecular complexity index is 291. The Hall–Kier alpha value is -1.20. The van der Waals surface area contributed by atoms with E-state index in [-0.39, 0.29) is 18.2 Å². The lowest BCUT2D eigenvalue weighted by Gasteiger charge is -2.07. The summed E-state index contributed by atoms with van der Waals surface area (Å²) >= 11 is 0. The van der Waals surface area contributed by atoms with E-state index in [2.05, 4.69) is 9.97 Å². The van der Waals surface area contributed by atoms with Crippen molar-refractivity contribution < 1.29 is 14.6 Å². The zero-order chi connectivity index (χ0) is 9.84. The second-order valence-corrected chi connectivity index (χ2v) is 2.64. The number of nitrogens with zero attached hydrogens (tertiary/aromatic N) is 1. The van der Waals surface area contributed by atoms with Crippen molar-refractivity contribution in [1.82, 2.24) is 9.97 Å². The van der Waals surface area contributed by atoms with Crippen molar-refractivity contribution in [2.75, 3.05) is 13.7 Å². The zero-order valence-electron chi connectivity index (χ0n) is 7.57. The molecule has 0 fully saturated rings. The summed E-state index contributed by atoms with van der Waals surface area (Å²) in [6.45, 7) is 1.27. The molecule has 0 aromatic carbocycles. The lowest BCUT2D eigenvalue weighted by Crippen LogP contribution is -2.07. The second kappa shape index (κ2) is 4.15. The first kappa shape index (κ1) is 9.88. The number of rotatable bonds is 4. The quantitative estimate of drug-likeness (QED) is 0.659. The normalized spacial score (nSPS) is 12.8. The van der Waals surface area contributed by atoms with Gasteiger partial charge in [-0.2, -0.15) is 0 Å². The van der Waals surface area contributed by atoms with Gasteiger partial charge in [-0.15, -0.1) is 0 Å². The van der Waals surface area contributed by atoms with E-state index in [9.17, 15) is 4.79 Å². The van der Waals surface area contributed by atoms with Gasteiger partial charge in [0.15, 0.2) is 11.6 Å². The van der Waals surface area contributed by atoms with E-state index in [0.29, 0.717) is 5.69 Å². The van der Waals surface area contributed by atoms with Crippen molar-refractivity contribution in [2.24, 2.45) is 0 Å². The summed E-state index contributed by atoms with van der Waals surface area (Å²) in [6.07, 6.45) is 1.09. The molecular formula is C8H12N2O3. The highest BCUT2D eigenvalue weighted by Crippen LogP contribution is 2.12. The monoisotopic (exact) mass is 184 g/mol. The van der Waals surface area contributed by atoms with Crippen LogP contribution in [-0.2, 0) is 4.74 Å². The van der Waals surface area contributed by atoms with Crippen LogP contribution in [0.3, 0.4) is 0 Å². The van der Waals surface area contributed by atoms with Crippen LogP contribution in [0.25, 0.3) is 0 Å². The Morgan fingerprint density at radius 3 is 2.92 bits per heavy atom. The molecule has 1 aromatic heterocycles. The minimum absolute atomic E-state index is 0.140. The molecule has 1 rings (SSSR count). The van der Waals surface area contributed by atoms with Crippen molar-refractivity contribution in [2.45, 2.75) is 13.0 Å². The average molecular weight is 184 g/mol. The molecule has 0 amide bonds. The molecule has 5 heteroatoms. The fraction of sp³-hybridized carbons (Fsp3) is 0.500. The average Bonchev–Trinajstić information content (AvgIpc) is 2.56. The van der Waals surface area contributed by atoms with Crippen molar-refractivity contribution in [3.8, 4) is 0 Å². The molecule has 0 spiro atoms. The third-order valence-electron chi connectivity index (χ3n) is 1.71. The Morgan fingerprint density at radius 1 is 1.85 bits per heavy atom. The lowest BCUT2D eigenvalue weighted by molar-refractivity contribution is 0.0457. The summed E-state index contributed by atoms with van der Waals surface area (Å²) in [5.41, 5.74) is 0.537. The Morgan fingerprint density at radius 2 is 2.54 bits per heavy atom. The molecule has 1 unspecified atom stereocenters. The maximum atomic E-state index is 10.9. The number of aliphatic hydroxyl groups excluding tert-OH is 1. The predicted octanol–water partition coefficient (Wildman–Crippen LogP) is 0.292. The molecule has 0 aliphatic heterocycles. The first-order valence-corrected chi connectivity index (χ1v) is 3.89. The lowest BCUT2D eigenvalue weighted by atomic mass is 10.3. The number of imidazole rings is 1. The standard InChI is InChI=1S/C8H12N2O3/c1-5(12)8-9-3-6(10-8)7(4-11)13-2/h3,7,11H,4H2,1-2H3,(H,9,10). The van der Waals surface area contributed by atoms with E-state index in [1.165, 1.54) is 14.0 Å². The van der Waals surface area contributed by atoms with Crippen LogP contribution in [0.15, 0.2) is 6.20 Å². The number of hydrogen-bond donors (Lipinski definition) is 2. The number of ketones is 1. The molecule has 72 valence electrons. The maximum absolute atomic E-state index is 10.9. The number of methoxy groups -OCH3 is 1. The number of ether oxygens (including phenoxy) is 1. The summed E-state index contributed by atoms with van der Waals surface area (Å²) in [6, 6.07) is 0. The summed E-state index contributed by atoms with van der Waals surface area (Å²) < 4.78 is 4.93. The van der Waals surface area contributed by atoms with Gasteiger partial charge >= 0.3 is 0 Å². The third-order valence-corrected chi connectivity index (χ3v) is 1.71. The highest BCUT2D eigenvalue weighted by Gasteiger charge is 2.14. The summed E-state index contributed by atoms with van der Waals surface area (Å²) in [7, 11) is 1.48. The Labute approximate surface area is 75.8 Å². The fourth-order valence-corrected chi connectivity index (χ4v) is 0.970. The molecule has 13 heavy (non-hydrogen) atoms. The van der Waals surface area contributed by atoms with E-state index in [4.69, 9.17) is 9.84 Å². The molecule has 1 aromatic rings. The largest absolute Gasteiger partial charge is 0.393 e. The molecular weight excluding hydrogens is 172 g/mol. The molecule has 1 heterocycles. The van der Waals surface area contributed by atoms with Crippen LogP contribution >= 0.6 is 0 Å². The van der Waals surface area contributed by atoms with Crippen LogP contribution in [0.5, 0.6) is 0 Å². The van der Waals surface area contributed by atoms with E-state index < -0.39 is 6.10 Å². The van der Waals surface area contributed by atoms with E-state index >= 15 is 0 Å². The van der Waals surface area contributed by atoms with Crippen LogP contribution in [0.2, 0.25) is 0 Å². The molecule has 0 bridgehead atoms. The van der Waals surface area contributed by atoms with E-state index in [1.807, 2.05) is 0 Å². The summed E-state index contributed by atoms with van der Waals surface area (Å²) in [5.74, 6) is 0.143. The molecule has 0 radical (unpaired) electrons. The smallest absolute Gasteiger partial charge is 0.194 e. The number of nitrogens with one attached hydrogen (secondary N) is 1. The SMILES string of the molecule is COC(CO)c1c[nH]c(C(C)=O)n1. The Balaban J connectivity index is 2.84. The van der Waals surface area contributed by atoms with Crippen LogP contribution in [-0.4, -0.2) is 34.6 Å². The minimum atomic E-state index is -0.468. The number of aliphatic hydroxyl groups is 1. The number of aromatic nitrogens is 2. The number of H-pyrrole nitrogens is 1. The van der Waals surface area contributed by atoms with Crippen LogP contribution in [0, 0.1) is 0 Å². The number of hydrogen-bond acceptors (Lipinski definition) is 4.